The van der Waals surface area contributed by atoms with E-state index in [2.05, 4.69) is 10.1 Å². The Kier molecular flexibility index (Phi) is 7.20. The molecule has 5 nitrogen and oxygen atoms in total. The molecule has 1 atom stereocenters. The standard InChI is InChI=1S/C19H21F2NO4/c1-3-24-15-8-10-16(11-9-15)25-12-18(23)22-13(2)14-4-6-17(7-5-14)26-19(20)21/h4-11,13,19H,3,12H2,1-2H3,(H,22,23). The van der Waals surface area contributed by atoms with E-state index in [1.807, 2.05) is 6.92 Å². The zero-order valence-electron chi connectivity index (χ0n) is 14.6. The summed E-state index contributed by atoms with van der Waals surface area (Å²) < 4.78 is 39.3. The summed E-state index contributed by atoms with van der Waals surface area (Å²) in [6, 6.07) is 12.8. The number of amides is 1. The predicted molar refractivity (Wildman–Crippen MR) is 92.7 cm³/mol. The van der Waals surface area contributed by atoms with Crippen LogP contribution < -0.4 is 19.5 Å². The monoisotopic (exact) mass is 365 g/mol. The quantitative estimate of drug-likeness (QED) is 0.731. The summed E-state index contributed by atoms with van der Waals surface area (Å²) >= 11 is 0. The van der Waals surface area contributed by atoms with Crippen molar-refractivity contribution in [3.63, 3.8) is 0 Å². The molecule has 0 aliphatic carbocycles. The first-order valence-corrected chi connectivity index (χ1v) is 8.17. The number of ether oxygens (including phenoxy) is 3. The lowest BCUT2D eigenvalue weighted by molar-refractivity contribution is -0.123. The zero-order chi connectivity index (χ0) is 18.9. The Morgan fingerprint density at radius 3 is 2.04 bits per heavy atom. The van der Waals surface area contributed by atoms with Crippen LogP contribution in [0.5, 0.6) is 17.2 Å². The number of alkyl halides is 2. The van der Waals surface area contributed by atoms with E-state index in [0.29, 0.717) is 12.4 Å². The fourth-order valence-corrected chi connectivity index (χ4v) is 2.25. The lowest BCUT2D eigenvalue weighted by Gasteiger charge is -2.15. The van der Waals surface area contributed by atoms with Gasteiger partial charge in [-0.05, 0) is 55.8 Å². The Bertz CT molecular complexity index is 690. The molecule has 2 aromatic carbocycles. The Labute approximate surface area is 150 Å². The molecule has 0 spiro atoms. The van der Waals surface area contributed by atoms with Gasteiger partial charge in [0.05, 0.1) is 12.6 Å². The topological polar surface area (TPSA) is 56.8 Å². The third-order valence-electron chi connectivity index (χ3n) is 3.49. The van der Waals surface area contributed by atoms with Crippen molar-refractivity contribution in [2.45, 2.75) is 26.5 Å². The summed E-state index contributed by atoms with van der Waals surface area (Å²) in [4.78, 5) is 12.0. The van der Waals surface area contributed by atoms with E-state index in [1.54, 1.807) is 43.3 Å². The van der Waals surface area contributed by atoms with E-state index in [4.69, 9.17) is 9.47 Å². The Hall–Kier alpha value is -2.83. The van der Waals surface area contributed by atoms with Crippen LogP contribution >= 0.6 is 0 Å². The van der Waals surface area contributed by atoms with Gasteiger partial charge in [-0.2, -0.15) is 8.78 Å². The second-order valence-corrected chi connectivity index (χ2v) is 5.43. The van der Waals surface area contributed by atoms with Crippen LogP contribution in [0.3, 0.4) is 0 Å². The van der Waals surface area contributed by atoms with Crippen molar-refractivity contribution < 1.29 is 27.8 Å². The average molecular weight is 365 g/mol. The lowest BCUT2D eigenvalue weighted by Crippen LogP contribution is -2.31. The van der Waals surface area contributed by atoms with Gasteiger partial charge in [-0.3, -0.25) is 4.79 Å². The number of carbonyl (C=O) groups excluding carboxylic acids is 1. The van der Waals surface area contributed by atoms with Crippen molar-refractivity contribution in [2.24, 2.45) is 0 Å². The molecule has 1 N–H and O–H groups in total. The molecule has 26 heavy (non-hydrogen) atoms. The van der Waals surface area contributed by atoms with Crippen LogP contribution in [0.2, 0.25) is 0 Å². The lowest BCUT2D eigenvalue weighted by atomic mass is 10.1. The highest BCUT2D eigenvalue weighted by molar-refractivity contribution is 5.78. The average Bonchev–Trinajstić information content (AvgIpc) is 2.61. The molecule has 7 heteroatoms. The predicted octanol–water partition coefficient (Wildman–Crippen LogP) is 3.94. The smallest absolute Gasteiger partial charge is 0.387 e. The second-order valence-electron chi connectivity index (χ2n) is 5.43. The minimum Gasteiger partial charge on any atom is -0.494 e. The number of carbonyl (C=O) groups is 1. The molecule has 2 rings (SSSR count). The van der Waals surface area contributed by atoms with Crippen LogP contribution in [-0.4, -0.2) is 25.7 Å². The number of hydrogen-bond donors (Lipinski definition) is 1. The molecule has 0 saturated carbocycles. The zero-order valence-corrected chi connectivity index (χ0v) is 14.6. The number of hydrogen-bond acceptors (Lipinski definition) is 4. The van der Waals surface area contributed by atoms with Crippen molar-refractivity contribution in [3.05, 3.63) is 54.1 Å². The molecular formula is C19H21F2NO4. The number of rotatable bonds is 9. The molecule has 140 valence electrons. The van der Waals surface area contributed by atoms with Crippen molar-refractivity contribution in [3.8, 4) is 17.2 Å². The Morgan fingerprint density at radius 2 is 1.50 bits per heavy atom. The summed E-state index contributed by atoms with van der Waals surface area (Å²) in [7, 11) is 0. The minimum absolute atomic E-state index is 0.0705. The Balaban J connectivity index is 1.81. The van der Waals surface area contributed by atoms with Crippen LogP contribution in [0.15, 0.2) is 48.5 Å². The molecule has 1 amide bonds. The van der Waals surface area contributed by atoms with Crippen LogP contribution in [0.1, 0.15) is 25.5 Å². The van der Waals surface area contributed by atoms with Crippen LogP contribution in [-0.2, 0) is 4.79 Å². The van der Waals surface area contributed by atoms with Gasteiger partial charge in [0.1, 0.15) is 17.2 Å². The van der Waals surface area contributed by atoms with E-state index in [-0.39, 0.29) is 24.3 Å². The van der Waals surface area contributed by atoms with Gasteiger partial charge in [0, 0.05) is 0 Å². The SMILES string of the molecule is CCOc1ccc(OCC(=O)NC(C)c2ccc(OC(F)F)cc2)cc1. The highest BCUT2D eigenvalue weighted by Gasteiger charge is 2.11. The molecule has 0 fully saturated rings. The van der Waals surface area contributed by atoms with Crippen LogP contribution in [0.4, 0.5) is 8.78 Å². The van der Waals surface area contributed by atoms with Gasteiger partial charge in [0.15, 0.2) is 6.61 Å². The van der Waals surface area contributed by atoms with Gasteiger partial charge in [0.2, 0.25) is 0 Å². The van der Waals surface area contributed by atoms with E-state index in [9.17, 15) is 13.6 Å². The third kappa shape index (κ3) is 6.23. The fraction of sp³-hybridized carbons (Fsp3) is 0.316. The minimum atomic E-state index is -2.86. The first-order chi connectivity index (χ1) is 12.5. The maximum absolute atomic E-state index is 12.1. The first-order valence-electron chi connectivity index (χ1n) is 8.17. The van der Waals surface area contributed by atoms with Crippen molar-refractivity contribution in [1.29, 1.82) is 0 Å². The van der Waals surface area contributed by atoms with E-state index in [0.717, 1.165) is 11.3 Å². The van der Waals surface area contributed by atoms with E-state index < -0.39 is 6.61 Å². The first kappa shape index (κ1) is 19.5. The van der Waals surface area contributed by atoms with Gasteiger partial charge in [-0.25, -0.2) is 0 Å². The largest absolute Gasteiger partial charge is 0.494 e. The molecule has 0 saturated heterocycles. The molecule has 0 radical (unpaired) electrons. The molecule has 0 aliphatic rings. The van der Waals surface area contributed by atoms with E-state index >= 15 is 0 Å². The molecule has 0 aliphatic heterocycles. The Morgan fingerprint density at radius 1 is 0.962 bits per heavy atom. The fourth-order valence-electron chi connectivity index (χ4n) is 2.25. The molecule has 2 aromatic rings. The van der Waals surface area contributed by atoms with Gasteiger partial charge in [-0.15, -0.1) is 0 Å². The second kappa shape index (κ2) is 9.60. The molecule has 0 aromatic heterocycles. The maximum atomic E-state index is 12.1. The highest BCUT2D eigenvalue weighted by atomic mass is 19.3. The van der Waals surface area contributed by atoms with Gasteiger partial charge in [-0.1, -0.05) is 12.1 Å². The summed E-state index contributed by atoms with van der Waals surface area (Å²) in [6.45, 7) is 1.27. The summed E-state index contributed by atoms with van der Waals surface area (Å²) in [5, 5.41) is 2.78. The maximum Gasteiger partial charge on any atom is 0.387 e. The van der Waals surface area contributed by atoms with Crippen molar-refractivity contribution >= 4 is 5.91 Å². The molecule has 1 unspecified atom stereocenters. The molecule has 0 bridgehead atoms. The van der Waals surface area contributed by atoms with Crippen LogP contribution in [0, 0.1) is 0 Å². The normalized spacial score (nSPS) is 11.7. The highest BCUT2D eigenvalue weighted by Crippen LogP contribution is 2.20. The summed E-state index contributed by atoms with van der Waals surface area (Å²) in [6.07, 6.45) is 0. The number of halogens is 2. The van der Waals surface area contributed by atoms with Gasteiger partial charge >= 0.3 is 6.61 Å². The third-order valence-corrected chi connectivity index (χ3v) is 3.49. The summed E-state index contributed by atoms with van der Waals surface area (Å²) in [5.74, 6) is 1.07. The molecular weight excluding hydrogens is 344 g/mol. The summed E-state index contributed by atoms with van der Waals surface area (Å²) in [5.41, 5.74) is 0.765. The van der Waals surface area contributed by atoms with E-state index in [1.165, 1.54) is 12.1 Å². The number of benzene rings is 2. The van der Waals surface area contributed by atoms with Crippen molar-refractivity contribution in [1.82, 2.24) is 5.32 Å². The van der Waals surface area contributed by atoms with Gasteiger partial charge in [0.25, 0.3) is 5.91 Å². The van der Waals surface area contributed by atoms with Gasteiger partial charge < -0.3 is 19.5 Å². The van der Waals surface area contributed by atoms with Crippen molar-refractivity contribution in [2.75, 3.05) is 13.2 Å². The number of nitrogens with one attached hydrogen (secondary N) is 1. The molecule has 0 heterocycles. The van der Waals surface area contributed by atoms with Crippen LogP contribution in [0.25, 0.3) is 0 Å².